The highest BCUT2D eigenvalue weighted by Gasteiger charge is 2.19. The fraction of sp³-hybridized carbons (Fsp3) is 0.333. The second kappa shape index (κ2) is 10.1. The zero-order chi connectivity index (χ0) is 20.8. The lowest BCUT2D eigenvalue weighted by atomic mass is 10.3. The Bertz CT molecular complexity index is 960. The van der Waals surface area contributed by atoms with Gasteiger partial charge in [-0.1, -0.05) is 11.3 Å². The summed E-state index contributed by atoms with van der Waals surface area (Å²) < 4.78 is 27.3. The van der Waals surface area contributed by atoms with Gasteiger partial charge in [-0.3, -0.25) is 9.69 Å². The topological polar surface area (TPSA) is 36.4 Å². The molecule has 29 heavy (non-hydrogen) atoms. The van der Waals surface area contributed by atoms with Gasteiger partial charge in [0.25, 0.3) is 0 Å². The van der Waals surface area contributed by atoms with E-state index in [0.717, 1.165) is 22.6 Å². The number of benzene rings is 2. The Labute approximate surface area is 177 Å². The molecule has 3 aromatic rings. The highest BCUT2D eigenvalue weighted by molar-refractivity contribution is 7.99. The van der Waals surface area contributed by atoms with Crippen LogP contribution in [0.25, 0.3) is 10.2 Å². The van der Waals surface area contributed by atoms with Gasteiger partial charge in [0.1, 0.15) is 11.6 Å². The van der Waals surface area contributed by atoms with Gasteiger partial charge in [0.2, 0.25) is 5.91 Å². The van der Waals surface area contributed by atoms with Gasteiger partial charge < -0.3 is 4.90 Å². The number of hydrogen-bond acceptors (Lipinski definition) is 5. The molecule has 0 saturated heterocycles. The summed E-state index contributed by atoms with van der Waals surface area (Å²) in [7, 11) is 3.98. The van der Waals surface area contributed by atoms with E-state index >= 15 is 0 Å². The van der Waals surface area contributed by atoms with Crippen LogP contribution in [0, 0.1) is 11.6 Å². The third-order valence-corrected chi connectivity index (χ3v) is 6.31. The van der Waals surface area contributed by atoms with Gasteiger partial charge in [-0.2, -0.15) is 0 Å². The van der Waals surface area contributed by atoms with Gasteiger partial charge in [-0.05, 0) is 69.5 Å². The first-order valence-electron chi connectivity index (χ1n) is 9.32. The molecular formula is C21H23F2N3OS2. The number of halogens is 2. The van der Waals surface area contributed by atoms with E-state index in [4.69, 9.17) is 0 Å². The molecule has 0 radical (unpaired) electrons. The van der Waals surface area contributed by atoms with Crippen molar-refractivity contribution in [1.29, 1.82) is 0 Å². The van der Waals surface area contributed by atoms with E-state index in [0.29, 0.717) is 29.4 Å². The number of carbonyl (C=O) groups is 1. The van der Waals surface area contributed by atoms with Crippen molar-refractivity contribution in [3.8, 4) is 0 Å². The zero-order valence-electron chi connectivity index (χ0n) is 16.4. The number of aromatic nitrogens is 1. The second-order valence-corrected chi connectivity index (χ2v) is 9.04. The van der Waals surface area contributed by atoms with Crippen LogP contribution in [0.2, 0.25) is 0 Å². The maximum absolute atomic E-state index is 13.5. The average molecular weight is 436 g/mol. The van der Waals surface area contributed by atoms with Crippen LogP contribution in [-0.2, 0) is 4.79 Å². The Kier molecular flexibility index (Phi) is 7.57. The Morgan fingerprint density at radius 1 is 1.07 bits per heavy atom. The first kappa shape index (κ1) is 21.7. The summed E-state index contributed by atoms with van der Waals surface area (Å²) in [5.74, 6) is -0.00898. The predicted molar refractivity (Wildman–Crippen MR) is 117 cm³/mol. The van der Waals surface area contributed by atoms with E-state index in [1.54, 1.807) is 23.1 Å². The molecule has 0 saturated carbocycles. The van der Waals surface area contributed by atoms with E-state index in [-0.39, 0.29) is 17.5 Å². The van der Waals surface area contributed by atoms with Gasteiger partial charge in [-0.15, -0.1) is 11.8 Å². The normalized spacial score (nSPS) is 11.3. The van der Waals surface area contributed by atoms with E-state index in [9.17, 15) is 13.6 Å². The van der Waals surface area contributed by atoms with Gasteiger partial charge in [0.05, 0.1) is 10.2 Å². The maximum atomic E-state index is 13.5. The van der Waals surface area contributed by atoms with Crippen LogP contribution in [-0.4, -0.2) is 48.7 Å². The number of rotatable bonds is 9. The molecular weight excluding hydrogens is 412 g/mol. The van der Waals surface area contributed by atoms with Crippen LogP contribution in [0.15, 0.2) is 47.4 Å². The minimum atomic E-state index is -0.311. The molecule has 0 spiro atoms. The minimum absolute atomic E-state index is 0.0158. The molecule has 0 aliphatic carbocycles. The zero-order valence-corrected chi connectivity index (χ0v) is 18.0. The lowest BCUT2D eigenvalue weighted by Gasteiger charge is -2.21. The Hall–Kier alpha value is -2.03. The van der Waals surface area contributed by atoms with Crippen molar-refractivity contribution >= 4 is 44.4 Å². The van der Waals surface area contributed by atoms with Gasteiger partial charge >= 0.3 is 0 Å². The van der Waals surface area contributed by atoms with Crippen molar-refractivity contribution in [2.45, 2.75) is 17.7 Å². The Balaban J connectivity index is 1.69. The number of amides is 1. The average Bonchev–Trinajstić information content (AvgIpc) is 3.09. The standard InChI is InChI=1S/C21H23F2N3OS2/c1-25(2)11-3-12-26(21-24-18-9-6-16(23)14-19(18)29-21)20(27)10-13-28-17-7-4-15(22)5-8-17/h4-9,14H,3,10-13H2,1-2H3. The fourth-order valence-corrected chi connectivity index (χ4v) is 4.67. The second-order valence-electron chi connectivity index (χ2n) is 6.86. The minimum Gasteiger partial charge on any atom is -0.309 e. The third-order valence-electron chi connectivity index (χ3n) is 4.26. The molecule has 0 atom stereocenters. The molecule has 0 fully saturated rings. The molecule has 0 unspecified atom stereocenters. The molecule has 0 aliphatic heterocycles. The van der Waals surface area contributed by atoms with Crippen molar-refractivity contribution in [3.05, 3.63) is 54.1 Å². The number of thiazole rings is 1. The molecule has 0 aliphatic rings. The quantitative estimate of drug-likeness (QED) is 0.441. The number of anilines is 1. The van der Waals surface area contributed by atoms with Crippen LogP contribution in [0.5, 0.6) is 0 Å². The van der Waals surface area contributed by atoms with E-state index in [1.165, 1.54) is 47.4 Å². The summed E-state index contributed by atoms with van der Waals surface area (Å²) in [5, 5.41) is 0.598. The molecule has 2 aromatic carbocycles. The Morgan fingerprint density at radius 2 is 1.79 bits per heavy atom. The fourth-order valence-electron chi connectivity index (χ4n) is 2.80. The van der Waals surface area contributed by atoms with Gasteiger partial charge in [-0.25, -0.2) is 13.8 Å². The highest BCUT2D eigenvalue weighted by Crippen LogP contribution is 2.30. The predicted octanol–water partition coefficient (Wildman–Crippen LogP) is 5.04. The van der Waals surface area contributed by atoms with Crippen molar-refractivity contribution in [2.24, 2.45) is 0 Å². The van der Waals surface area contributed by atoms with E-state index in [2.05, 4.69) is 9.88 Å². The lowest BCUT2D eigenvalue weighted by Crippen LogP contribution is -2.33. The molecule has 0 bridgehead atoms. The summed E-state index contributed by atoms with van der Waals surface area (Å²) >= 11 is 2.85. The molecule has 3 rings (SSSR count). The van der Waals surface area contributed by atoms with Crippen molar-refractivity contribution in [1.82, 2.24) is 9.88 Å². The SMILES string of the molecule is CN(C)CCCN(C(=O)CCSc1ccc(F)cc1)c1nc2ccc(F)cc2s1. The summed E-state index contributed by atoms with van der Waals surface area (Å²) in [6, 6.07) is 10.7. The van der Waals surface area contributed by atoms with Gasteiger partial charge in [0.15, 0.2) is 5.13 Å². The third kappa shape index (κ3) is 6.22. The molecule has 1 heterocycles. The number of fused-ring (bicyclic) bond motifs is 1. The molecule has 4 nitrogen and oxygen atoms in total. The maximum Gasteiger partial charge on any atom is 0.229 e. The summed E-state index contributed by atoms with van der Waals surface area (Å²) in [5.41, 5.74) is 0.692. The highest BCUT2D eigenvalue weighted by atomic mass is 32.2. The van der Waals surface area contributed by atoms with Crippen molar-refractivity contribution < 1.29 is 13.6 Å². The molecule has 154 valence electrons. The number of carbonyl (C=O) groups excluding carboxylic acids is 1. The molecule has 1 aromatic heterocycles. The number of nitrogens with zero attached hydrogens (tertiary/aromatic N) is 3. The number of hydrogen-bond donors (Lipinski definition) is 0. The molecule has 1 amide bonds. The molecule has 8 heteroatoms. The van der Waals surface area contributed by atoms with Crippen LogP contribution < -0.4 is 4.90 Å². The van der Waals surface area contributed by atoms with Crippen LogP contribution >= 0.6 is 23.1 Å². The van der Waals surface area contributed by atoms with Crippen LogP contribution in [0.4, 0.5) is 13.9 Å². The Morgan fingerprint density at radius 3 is 2.52 bits per heavy atom. The van der Waals surface area contributed by atoms with Crippen LogP contribution in [0.1, 0.15) is 12.8 Å². The van der Waals surface area contributed by atoms with E-state index in [1.807, 2.05) is 14.1 Å². The first-order chi connectivity index (χ1) is 13.9. The summed E-state index contributed by atoms with van der Waals surface area (Å²) in [6.45, 7) is 1.41. The van der Waals surface area contributed by atoms with Gasteiger partial charge in [0, 0.05) is 23.6 Å². The summed E-state index contributed by atoms with van der Waals surface area (Å²) in [4.78, 5) is 22.2. The molecule has 0 N–H and O–H groups in total. The summed E-state index contributed by atoms with van der Waals surface area (Å²) in [6.07, 6.45) is 1.16. The van der Waals surface area contributed by atoms with Crippen LogP contribution in [0.3, 0.4) is 0 Å². The smallest absolute Gasteiger partial charge is 0.229 e. The largest absolute Gasteiger partial charge is 0.309 e. The van der Waals surface area contributed by atoms with Crippen molar-refractivity contribution in [2.75, 3.05) is 37.8 Å². The first-order valence-corrected chi connectivity index (χ1v) is 11.1. The lowest BCUT2D eigenvalue weighted by molar-refractivity contribution is -0.118. The van der Waals surface area contributed by atoms with Crippen molar-refractivity contribution in [3.63, 3.8) is 0 Å². The van der Waals surface area contributed by atoms with E-state index < -0.39 is 0 Å². The number of thioether (sulfide) groups is 1. The monoisotopic (exact) mass is 435 g/mol.